The molecule has 0 aromatic heterocycles. The van der Waals surface area contributed by atoms with Gasteiger partial charge in [-0.2, -0.15) is 0 Å². The number of allylic oxidation sites excluding steroid dienone is 4. The number of fused-ring (bicyclic) bond motifs is 1. The molecule has 1 atom stereocenters. The van der Waals surface area contributed by atoms with E-state index in [2.05, 4.69) is 19.9 Å². The average molecular weight is 424 g/mol. The van der Waals surface area contributed by atoms with Crippen molar-refractivity contribution in [2.75, 3.05) is 0 Å². The molecule has 0 fully saturated rings. The number of phenolic OH excluding ortho intramolecular Hbond substituents is 4. The van der Waals surface area contributed by atoms with Gasteiger partial charge in [0, 0.05) is 23.3 Å². The van der Waals surface area contributed by atoms with Crippen LogP contribution in [0.15, 0.2) is 47.6 Å². The Kier molecular flexibility index (Phi) is 6.59. The van der Waals surface area contributed by atoms with Gasteiger partial charge >= 0.3 is 0 Å². The Morgan fingerprint density at radius 1 is 1.03 bits per heavy atom. The van der Waals surface area contributed by atoms with Crippen molar-refractivity contribution in [2.45, 2.75) is 52.6 Å². The molecule has 1 heterocycles. The number of aromatic hydroxyl groups is 4. The van der Waals surface area contributed by atoms with Gasteiger partial charge in [-0.1, -0.05) is 23.3 Å². The number of rotatable bonds is 6. The summed E-state index contributed by atoms with van der Waals surface area (Å²) in [6.45, 7) is 6.11. The molecule has 0 bridgehead atoms. The van der Waals surface area contributed by atoms with Gasteiger partial charge < -0.3 is 25.2 Å². The number of carbonyl (C=O) groups is 1. The molecule has 0 amide bonds. The van der Waals surface area contributed by atoms with Crippen molar-refractivity contribution in [1.82, 2.24) is 0 Å². The quantitative estimate of drug-likeness (QED) is 0.459. The highest BCUT2D eigenvalue weighted by Gasteiger charge is 2.34. The summed E-state index contributed by atoms with van der Waals surface area (Å²) in [6.07, 6.45) is 5.37. The van der Waals surface area contributed by atoms with E-state index in [1.807, 2.05) is 13.0 Å². The summed E-state index contributed by atoms with van der Waals surface area (Å²) in [6, 6.07) is 5.24. The molecule has 164 valence electrons. The number of ketones is 1. The first-order valence-corrected chi connectivity index (χ1v) is 10.3. The molecule has 0 aliphatic carbocycles. The maximum absolute atomic E-state index is 12.8. The van der Waals surface area contributed by atoms with Crippen LogP contribution in [-0.4, -0.2) is 26.2 Å². The van der Waals surface area contributed by atoms with E-state index in [-0.39, 0.29) is 46.5 Å². The summed E-state index contributed by atoms with van der Waals surface area (Å²) < 4.78 is 6.03. The summed E-state index contributed by atoms with van der Waals surface area (Å²) >= 11 is 0. The van der Waals surface area contributed by atoms with Crippen LogP contribution in [-0.2, 0) is 6.42 Å². The fraction of sp³-hybridized carbons (Fsp3) is 0.320. The van der Waals surface area contributed by atoms with Crippen LogP contribution in [0.2, 0.25) is 0 Å². The maximum atomic E-state index is 12.8. The largest absolute Gasteiger partial charge is 0.508 e. The van der Waals surface area contributed by atoms with E-state index < -0.39 is 6.10 Å². The number of Topliss-reactive ketones (excluding diaryl/α,β-unsaturated/α-hetero) is 1. The first-order valence-electron chi connectivity index (χ1n) is 10.3. The predicted octanol–water partition coefficient (Wildman–Crippen LogP) is 5.45. The van der Waals surface area contributed by atoms with E-state index in [4.69, 9.17) is 4.74 Å². The highest BCUT2D eigenvalue weighted by molar-refractivity contribution is 6.03. The Bertz CT molecular complexity index is 1060. The van der Waals surface area contributed by atoms with Gasteiger partial charge in [-0.05, 0) is 52.2 Å². The highest BCUT2D eigenvalue weighted by atomic mass is 16.5. The lowest BCUT2D eigenvalue weighted by atomic mass is 9.91. The number of hydrogen-bond donors (Lipinski definition) is 4. The summed E-state index contributed by atoms with van der Waals surface area (Å²) in [7, 11) is 0. The molecule has 0 spiro atoms. The minimum Gasteiger partial charge on any atom is -0.508 e. The molecule has 0 saturated heterocycles. The first-order chi connectivity index (χ1) is 14.7. The predicted molar refractivity (Wildman–Crippen MR) is 118 cm³/mol. The zero-order chi connectivity index (χ0) is 22.7. The number of ether oxygens (including phenoxy) is 1. The smallest absolute Gasteiger partial charge is 0.174 e. The Morgan fingerprint density at radius 2 is 1.77 bits per heavy atom. The van der Waals surface area contributed by atoms with Crippen molar-refractivity contribution < 1.29 is 30.0 Å². The van der Waals surface area contributed by atoms with Crippen LogP contribution < -0.4 is 4.74 Å². The molecular formula is C25H28O6. The van der Waals surface area contributed by atoms with Crippen LogP contribution in [0.3, 0.4) is 0 Å². The van der Waals surface area contributed by atoms with Crippen molar-refractivity contribution in [3.05, 3.63) is 64.3 Å². The van der Waals surface area contributed by atoms with Crippen LogP contribution in [0.5, 0.6) is 28.7 Å². The second kappa shape index (κ2) is 9.16. The summed E-state index contributed by atoms with van der Waals surface area (Å²) in [5, 5.41) is 40.5. The van der Waals surface area contributed by atoms with Gasteiger partial charge in [0.2, 0.25) is 0 Å². The van der Waals surface area contributed by atoms with Crippen molar-refractivity contribution >= 4 is 5.78 Å². The molecule has 2 aromatic rings. The second-order valence-electron chi connectivity index (χ2n) is 8.15. The standard InChI is InChI=1S/C25H28O6/c1-14(2)5-4-6-15(3)7-9-18-20(28)12-21(29)24-22(30)13-23(31-25(18)24)17-10-8-16(26)11-19(17)27/h5,7-8,10-12,23,26-29H,4,6,9,13H2,1-3H3/b15-7-/t23-/m0/s1. The summed E-state index contributed by atoms with van der Waals surface area (Å²) in [5.41, 5.74) is 3.18. The molecular weight excluding hydrogens is 396 g/mol. The van der Waals surface area contributed by atoms with Crippen LogP contribution in [0, 0.1) is 0 Å². The Hall–Kier alpha value is -3.41. The molecule has 6 nitrogen and oxygen atoms in total. The van der Waals surface area contributed by atoms with Gasteiger partial charge in [0.1, 0.15) is 40.4 Å². The van der Waals surface area contributed by atoms with E-state index in [9.17, 15) is 25.2 Å². The molecule has 0 unspecified atom stereocenters. The van der Waals surface area contributed by atoms with Gasteiger partial charge in [-0.25, -0.2) is 0 Å². The molecule has 1 aliphatic rings. The molecule has 0 radical (unpaired) electrons. The van der Waals surface area contributed by atoms with Gasteiger partial charge in [0.05, 0.1) is 6.42 Å². The summed E-state index contributed by atoms with van der Waals surface area (Å²) in [4.78, 5) is 12.8. The molecule has 2 aromatic carbocycles. The SMILES string of the molecule is CC(C)=CCC/C(C)=C\Cc1c(O)cc(O)c2c1O[C@H](c1ccc(O)cc1O)CC2=O. The Labute approximate surface area is 181 Å². The lowest BCUT2D eigenvalue weighted by Crippen LogP contribution is -2.21. The number of hydrogen-bond acceptors (Lipinski definition) is 6. The topological polar surface area (TPSA) is 107 Å². The number of benzene rings is 2. The van der Waals surface area contributed by atoms with Gasteiger partial charge in [0.15, 0.2) is 5.78 Å². The molecule has 3 rings (SSSR count). The fourth-order valence-electron chi connectivity index (χ4n) is 3.67. The monoisotopic (exact) mass is 424 g/mol. The van der Waals surface area contributed by atoms with E-state index in [1.54, 1.807) is 0 Å². The zero-order valence-corrected chi connectivity index (χ0v) is 18.0. The Morgan fingerprint density at radius 3 is 2.45 bits per heavy atom. The zero-order valence-electron chi connectivity index (χ0n) is 18.0. The maximum Gasteiger partial charge on any atom is 0.174 e. The highest BCUT2D eigenvalue weighted by Crippen LogP contribution is 2.46. The molecule has 0 saturated carbocycles. The van der Waals surface area contributed by atoms with Crippen LogP contribution in [0.1, 0.15) is 67.6 Å². The van der Waals surface area contributed by atoms with Crippen LogP contribution >= 0.6 is 0 Å². The Balaban J connectivity index is 1.94. The minimum atomic E-state index is -0.803. The normalized spacial score (nSPS) is 15.9. The van der Waals surface area contributed by atoms with Crippen LogP contribution in [0.4, 0.5) is 0 Å². The van der Waals surface area contributed by atoms with Crippen LogP contribution in [0.25, 0.3) is 0 Å². The minimum absolute atomic E-state index is 0.0397. The lowest BCUT2D eigenvalue weighted by Gasteiger charge is -2.28. The molecule has 4 N–H and O–H groups in total. The van der Waals surface area contributed by atoms with E-state index in [1.165, 1.54) is 29.8 Å². The first kappa shape index (κ1) is 22.3. The van der Waals surface area contributed by atoms with Crippen molar-refractivity contribution in [2.24, 2.45) is 0 Å². The molecule has 6 heteroatoms. The number of phenols is 4. The van der Waals surface area contributed by atoms with Gasteiger partial charge in [-0.3, -0.25) is 4.79 Å². The average Bonchev–Trinajstić information content (AvgIpc) is 2.66. The second-order valence-corrected chi connectivity index (χ2v) is 8.15. The van der Waals surface area contributed by atoms with E-state index >= 15 is 0 Å². The van der Waals surface area contributed by atoms with Crippen molar-refractivity contribution in [3.8, 4) is 28.7 Å². The van der Waals surface area contributed by atoms with E-state index in [0.717, 1.165) is 18.4 Å². The van der Waals surface area contributed by atoms with Crippen molar-refractivity contribution in [3.63, 3.8) is 0 Å². The molecule has 1 aliphatic heterocycles. The van der Waals surface area contributed by atoms with E-state index in [0.29, 0.717) is 17.5 Å². The van der Waals surface area contributed by atoms with Crippen molar-refractivity contribution in [1.29, 1.82) is 0 Å². The third-order valence-corrected chi connectivity index (χ3v) is 5.36. The molecule has 31 heavy (non-hydrogen) atoms. The number of carbonyl (C=O) groups excluding carboxylic acids is 1. The summed E-state index contributed by atoms with van der Waals surface area (Å²) in [5.74, 6) is -1.01. The fourth-order valence-corrected chi connectivity index (χ4v) is 3.67. The van der Waals surface area contributed by atoms with Gasteiger partial charge in [0.25, 0.3) is 0 Å². The third kappa shape index (κ3) is 5.02. The third-order valence-electron chi connectivity index (χ3n) is 5.36. The lowest BCUT2D eigenvalue weighted by molar-refractivity contribution is 0.0839. The van der Waals surface area contributed by atoms with Gasteiger partial charge in [-0.15, -0.1) is 0 Å².